The van der Waals surface area contributed by atoms with Gasteiger partial charge in [0.15, 0.2) is 0 Å². The summed E-state index contributed by atoms with van der Waals surface area (Å²) in [5, 5.41) is 27.2. The van der Waals surface area contributed by atoms with Gasteiger partial charge in [0.25, 0.3) is 0 Å². The molecule has 0 aromatic carbocycles. The molecular formula is C7H14O5. The molecule has 3 unspecified atom stereocenters. The van der Waals surface area contributed by atoms with Gasteiger partial charge < -0.3 is 24.8 Å². The Kier molecular flexibility index (Phi) is 3.42. The Morgan fingerprint density at radius 3 is 2.58 bits per heavy atom. The highest BCUT2D eigenvalue weighted by Crippen LogP contribution is 2.18. The van der Waals surface area contributed by atoms with Gasteiger partial charge in [0.05, 0.1) is 13.2 Å². The monoisotopic (exact) mass is 178 g/mol. The third-order valence-electron chi connectivity index (χ3n) is 2.04. The zero-order valence-corrected chi connectivity index (χ0v) is 6.88. The number of aliphatic hydroxyl groups is 3. The molecule has 4 atom stereocenters. The molecule has 0 aromatic heterocycles. The van der Waals surface area contributed by atoms with Gasteiger partial charge in [0.1, 0.15) is 24.4 Å². The maximum atomic E-state index is 9.32. The van der Waals surface area contributed by atoms with Crippen molar-refractivity contribution in [1.82, 2.24) is 0 Å². The summed E-state index contributed by atoms with van der Waals surface area (Å²) in [5.41, 5.74) is 0. The second-order valence-corrected chi connectivity index (χ2v) is 2.81. The maximum absolute atomic E-state index is 9.32. The average Bonchev–Trinajstić information content (AvgIpc) is 2.38. The summed E-state index contributed by atoms with van der Waals surface area (Å²) in [5.74, 6) is 0. The second kappa shape index (κ2) is 4.15. The van der Waals surface area contributed by atoms with Crippen LogP contribution in [0.3, 0.4) is 0 Å². The molecule has 1 fully saturated rings. The van der Waals surface area contributed by atoms with Gasteiger partial charge in [-0.25, -0.2) is 0 Å². The summed E-state index contributed by atoms with van der Waals surface area (Å²) < 4.78 is 9.89. The number of aliphatic hydroxyl groups excluding tert-OH is 3. The third kappa shape index (κ3) is 1.75. The SMILES string of the molecule is CO[C@H](CO)C1OCC(O)C1O. The van der Waals surface area contributed by atoms with Gasteiger partial charge in [-0.15, -0.1) is 0 Å². The highest BCUT2D eigenvalue weighted by molar-refractivity contribution is 4.88. The van der Waals surface area contributed by atoms with Crippen LogP contribution < -0.4 is 0 Å². The van der Waals surface area contributed by atoms with Crippen molar-refractivity contribution < 1.29 is 24.8 Å². The van der Waals surface area contributed by atoms with E-state index in [1.807, 2.05) is 0 Å². The van der Waals surface area contributed by atoms with Gasteiger partial charge in [-0.1, -0.05) is 0 Å². The predicted molar refractivity (Wildman–Crippen MR) is 39.6 cm³/mol. The number of hydrogen-bond acceptors (Lipinski definition) is 5. The van der Waals surface area contributed by atoms with Crippen LogP contribution in [0.15, 0.2) is 0 Å². The van der Waals surface area contributed by atoms with E-state index < -0.39 is 24.4 Å². The molecule has 0 aromatic rings. The molecule has 1 rings (SSSR count). The molecule has 0 aliphatic carbocycles. The lowest BCUT2D eigenvalue weighted by Gasteiger charge is -2.22. The third-order valence-corrected chi connectivity index (χ3v) is 2.04. The Hall–Kier alpha value is -0.200. The summed E-state index contributed by atoms with van der Waals surface area (Å²) >= 11 is 0. The summed E-state index contributed by atoms with van der Waals surface area (Å²) in [6.45, 7) is -0.142. The van der Waals surface area contributed by atoms with Crippen LogP contribution in [0.25, 0.3) is 0 Å². The fourth-order valence-electron chi connectivity index (χ4n) is 1.27. The first-order chi connectivity index (χ1) is 5.70. The highest BCUT2D eigenvalue weighted by atomic mass is 16.6. The molecule has 0 saturated carbocycles. The van der Waals surface area contributed by atoms with Crippen molar-refractivity contribution in [2.24, 2.45) is 0 Å². The van der Waals surface area contributed by atoms with E-state index in [9.17, 15) is 5.11 Å². The van der Waals surface area contributed by atoms with Crippen LogP contribution in [0.4, 0.5) is 0 Å². The van der Waals surface area contributed by atoms with Crippen molar-refractivity contribution >= 4 is 0 Å². The van der Waals surface area contributed by atoms with Crippen molar-refractivity contribution in [1.29, 1.82) is 0 Å². The molecule has 1 aliphatic rings. The molecule has 5 heteroatoms. The van der Waals surface area contributed by atoms with E-state index in [1.165, 1.54) is 7.11 Å². The highest BCUT2D eigenvalue weighted by Gasteiger charge is 2.39. The molecule has 3 N–H and O–H groups in total. The van der Waals surface area contributed by atoms with Gasteiger partial charge in [-0.05, 0) is 0 Å². The minimum Gasteiger partial charge on any atom is -0.394 e. The molecule has 1 aliphatic heterocycles. The average molecular weight is 178 g/mol. The Balaban J connectivity index is 2.51. The lowest BCUT2D eigenvalue weighted by Crippen LogP contribution is -2.41. The zero-order valence-electron chi connectivity index (χ0n) is 6.88. The zero-order chi connectivity index (χ0) is 9.14. The molecule has 5 nitrogen and oxygen atoms in total. The van der Waals surface area contributed by atoms with E-state index in [-0.39, 0.29) is 13.2 Å². The number of ether oxygens (including phenoxy) is 2. The lowest BCUT2D eigenvalue weighted by molar-refractivity contribution is -0.0855. The Morgan fingerprint density at radius 1 is 1.58 bits per heavy atom. The molecule has 1 saturated heterocycles. The van der Waals surface area contributed by atoms with Crippen molar-refractivity contribution in [3.63, 3.8) is 0 Å². The minimum absolute atomic E-state index is 0.0890. The fourth-order valence-corrected chi connectivity index (χ4v) is 1.27. The van der Waals surface area contributed by atoms with Crippen LogP contribution in [-0.4, -0.2) is 60.1 Å². The van der Waals surface area contributed by atoms with E-state index in [0.717, 1.165) is 0 Å². The predicted octanol–water partition coefficient (Wildman–Crippen LogP) is -1.89. The smallest absolute Gasteiger partial charge is 0.114 e. The molecule has 72 valence electrons. The van der Waals surface area contributed by atoms with Gasteiger partial charge in [0, 0.05) is 7.11 Å². The summed E-state index contributed by atoms with van der Waals surface area (Å²) in [6, 6.07) is 0. The van der Waals surface area contributed by atoms with Crippen LogP contribution in [-0.2, 0) is 9.47 Å². The lowest BCUT2D eigenvalue weighted by atomic mass is 10.1. The first-order valence-corrected chi connectivity index (χ1v) is 3.82. The minimum atomic E-state index is -0.970. The standard InChI is InChI=1S/C7H14O5/c1-11-5(2-8)7-6(10)4(9)3-12-7/h4-10H,2-3H2,1H3/t4?,5-,6?,7?/m1/s1. The first kappa shape index (κ1) is 9.88. The van der Waals surface area contributed by atoms with E-state index in [2.05, 4.69) is 0 Å². The first-order valence-electron chi connectivity index (χ1n) is 3.82. The quantitative estimate of drug-likeness (QED) is 0.471. The Morgan fingerprint density at radius 2 is 2.25 bits per heavy atom. The van der Waals surface area contributed by atoms with Crippen molar-refractivity contribution in [3.8, 4) is 0 Å². The summed E-state index contributed by atoms with van der Waals surface area (Å²) in [4.78, 5) is 0. The van der Waals surface area contributed by atoms with Crippen molar-refractivity contribution in [3.05, 3.63) is 0 Å². The fraction of sp³-hybridized carbons (Fsp3) is 1.00. The Labute approximate surface area is 70.5 Å². The maximum Gasteiger partial charge on any atom is 0.114 e. The molecule has 0 amide bonds. The van der Waals surface area contributed by atoms with Crippen LogP contribution in [0.5, 0.6) is 0 Å². The van der Waals surface area contributed by atoms with E-state index in [1.54, 1.807) is 0 Å². The van der Waals surface area contributed by atoms with E-state index >= 15 is 0 Å². The molecule has 0 radical (unpaired) electrons. The number of rotatable bonds is 3. The number of methoxy groups -OCH3 is 1. The van der Waals surface area contributed by atoms with Crippen LogP contribution in [0, 0.1) is 0 Å². The molecule has 1 heterocycles. The number of hydrogen-bond donors (Lipinski definition) is 3. The van der Waals surface area contributed by atoms with E-state index in [4.69, 9.17) is 19.7 Å². The molecule has 0 bridgehead atoms. The van der Waals surface area contributed by atoms with Crippen LogP contribution in [0.1, 0.15) is 0 Å². The normalized spacial score (nSPS) is 38.5. The van der Waals surface area contributed by atoms with Gasteiger partial charge in [-0.2, -0.15) is 0 Å². The summed E-state index contributed by atoms with van der Waals surface area (Å²) in [7, 11) is 1.42. The van der Waals surface area contributed by atoms with Crippen molar-refractivity contribution in [2.45, 2.75) is 24.4 Å². The van der Waals surface area contributed by atoms with Gasteiger partial charge in [0.2, 0.25) is 0 Å². The van der Waals surface area contributed by atoms with Crippen molar-refractivity contribution in [2.75, 3.05) is 20.3 Å². The summed E-state index contributed by atoms with van der Waals surface area (Å²) in [6.07, 6.45) is -3.05. The van der Waals surface area contributed by atoms with Gasteiger partial charge in [-0.3, -0.25) is 0 Å². The molecule has 12 heavy (non-hydrogen) atoms. The largest absolute Gasteiger partial charge is 0.394 e. The van der Waals surface area contributed by atoms with Gasteiger partial charge >= 0.3 is 0 Å². The van der Waals surface area contributed by atoms with E-state index in [0.29, 0.717) is 0 Å². The van der Waals surface area contributed by atoms with Crippen LogP contribution >= 0.6 is 0 Å². The Bertz CT molecular complexity index is 136. The van der Waals surface area contributed by atoms with Crippen LogP contribution in [0.2, 0.25) is 0 Å². The second-order valence-electron chi connectivity index (χ2n) is 2.81. The molecule has 0 spiro atoms. The molecular weight excluding hydrogens is 164 g/mol. The topological polar surface area (TPSA) is 79.2 Å².